The lowest BCUT2D eigenvalue weighted by atomic mass is 10.2. The first-order valence-electron chi connectivity index (χ1n) is 7.59. The molecule has 0 bridgehead atoms. The molecular formula is C17H16N4OS. The number of hydrogen-bond acceptors (Lipinski definition) is 6. The van der Waals surface area contributed by atoms with Gasteiger partial charge in [0, 0.05) is 16.5 Å². The van der Waals surface area contributed by atoms with Gasteiger partial charge in [-0.05, 0) is 25.5 Å². The van der Waals surface area contributed by atoms with Gasteiger partial charge >= 0.3 is 0 Å². The van der Waals surface area contributed by atoms with Crippen molar-refractivity contribution in [1.29, 1.82) is 0 Å². The molecule has 1 aromatic carbocycles. The van der Waals surface area contributed by atoms with Crippen LogP contribution in [0.3, 0.4) is 0 Å². The number of nitrogens with zero attached hydrogens (tertiary/aromatic N) is 3. The standard InChI is InChI=1S/C17H16N4OS/c1-3-11-8-18-17(23-11)10(2)21-16-15-14(19-9-20-16)12-6-4-5-7-13(12)22-15/h4-10H,3H2,1-2H3,(H,19,20,21). The molecule has 5 nitrogen and oxygen atoms in total. The molecule has 3 heterocycles. The van der Waals surface area contributed by atoms with E-state index in [0.717, 1.165) is 27.9 Å². The number of benzene rings is 1. The fourth-order valence-corrected chi connectivity index (χ4v) is 3.44. The van der Waals surface area contributed by atoms with Crippen LogP contribution < -0.4 is 5.32 Å². The molecule has 3 aromatic heterocycles. The second-order valence-corrected chi connectivity index (χ2v) is 6.53. The van der Waals surface area contributed by atoms with E-state index in [1.54, 1.807) is 17.7 Å². The van der Waals surface area contributed by atoms with Gasteiger partial charge in [-0.15, -0.1) is 11.3 Å². The number of furan rings is 1. The maximum Gasteiger partial charge on any atom is 0.196 e. The van der Waals surface area contributed by atoms with Crippen molar-refractivity contribution in [3.05, 3.63) is 46.7 Å². The topological polar surface area (TPSA) is 63.8 Å². The molecule has 0 spiro atoms. The van der Waals surface area contributed by atoms with Crippen LogP contribution in [0.15, 0.2) is 41.2 Å². The summed E-state index contributed by atoms with van der Waals surface area (Å²) in [7, 11) is 0. The molecule has 1 atom stereocenters. The van der Waals surface area contributed by atoms with Gasteiger partial charge < -0.3 is 9.73 Å². The molecule has 4 rings (SSSR count). The van der Waals surface area contributed by atoms with E-state index in [1.807, 2.05) is 30.5 Å². The van der Waals surface area contributed by atoms with E-state index in [2.05, 4.69) is 34.1 Å². The van der Waals surface area contributed by atoms with Gasteiger partial charge in [0.2, 0.25) is 0 Å². The molecule has 0 saturated heterocycles. The van der Waals surface area contributed by atoms with Crippen molar-refractivity contribution in [3.8, 4) is 0 Å². The van der Waals surface area contributed by atoms with Gasteiger partial charge in [0.05, 0.1) is 6.04 Å². The number of thiazole rings is 1. The molecular weight excluding hydrogens is 308 g/mol. The molecule has 0 saturated carbocycles. The maximum absolute atomic E-state index is 5.94. The monoisotopic (exact) mass is 324 g/mol. The van der Waals surface area contributed by atoms with Crippen LogP contribution in [0.5, 0.6) is 0 Å². The first kappa shape index (κ1) is 14.1. The number of anilines is 1. The van der Waals surface area contributed by atoms with Gasteiger partial charge in [0.15, 0.2) is 11.4 Å². The van der Waals surface area contributed by atoms with Gasteiger partial charge in [-0.2, -0.15) is 0 Å². The Labute approximate surface area is 137 Å². The van der Waals surface area contributed by atoms with Crippen molar-refractivity contribution >= 4 is 39.2 Å². The van der Waals surface area contributed by atoms with Crippen LogP contribution >= 0.6 is 11.3 Å². The molecule has 0 amide bonds. The molecule has 0 aliphatic carbocycles. The zero-order valence-electron chi connectivity index (χ0n) is 12.9. The number of para-hydroxylation sites is 1. The highest BCUT2D eigenvalue weighted by atomic mass is 32.1. The summed E-state index contributed by atoms with van der Waals surface area (Å²) in [6.07, 6.45) is 4.51. The highest BCUT2D eigenvalue weighted by molar-refractivity contribution is 7.11. The molecule has 0 aliphatic rings. The minimum Gasteiger partial charge on any atom is -0.450 e. The summed E-state index contributed by atoms with van der Waals surface area (Å²) in [5.74, 6) is 0.701. The van der Waals surface area contributed by atoms with Gasteiger partial charge in [-0.1, -0.05) is 19.1 Å². The van der Waals surface area contributed by atoms with Crippen molar-refractivity contribution in [2.75, 3.05) is 5.32 Å². The normalized spacial score (nSPS) is 12.8. The molecule has 0 aliphatic heterocycles. The van der Waals surface area contributed by atoms with Crippen LogP contribution in [0.25, 0.3) is 22.1 Å². The number of fused-ring (bicyclic) bond motifs is 3. The fourth-order valence-electron chi connectivity index (χ4n) is 2.58. The Morgan fingerprint density at radius 3 is 2.91 bits per heavy atom. The van der Waals surface area contributed by atoms with E-state index in [4.69, 9.17) is 4.42 Å². The Balaban J connectivity index is 1.73. The molecule has 4 aromatic rings. The first-order valence-corrected chi connectivity index (χ1v) is 8.41. The summed E-state index contributed by atoms with van der Waals surface area (Å²) in [5, 5.41) is 5.45. The van der Waals surface area contributed by atoms with Crippen molar-refractivity contribution < 1.29 is 4.42 Å². The average molecular weight is 324 g/mol. The molecule has 1 N–H and O–H groups in total. The van der Waals surface area contributed by atoms with E-state index in [0.29, 0.717) is 11.4 Å². The smallest absolute Gasteiger partial charge is 0.196 e. The van der Waals surface area contributed by atoms with E-state index >= 15 is 0 Å². The number of hydrogen-bond donors (Lipinski definition) is 1. The molecule has 23 heavy (non-hydrogen) atoms. The van der Waals surface area contributed by atoms with Crippen LogP contribution in [0.1, 0.15) is 29.8 Å². The van der Waals surface area contributed by atoms with E-state index in [9.17, 15) is 0 Å². The van der Waals surface area contributed by atoms with Crippen molar-refractivity contribution in [3.63, 3.8) is 0 Å². The first-order chi connectivity index (χ1) is 11.3. The third-order valence-corrected chi connectivity index (χ3v) is 5.13. The largest absolute Gasteiger partial charge is 0.450 e. The Hall–Kier alpha value is -2.47. The number of aryl methyl sites for hydroxylation is 1. The van der Waals surface area contributed by atoms with E-state index in [1.165, 1.54) is 4.88 Å². The average Bonchev–Trinajstić information content (AvgIpc) is 3.20. The van der Waals surface area contributed by atoms with Crippen molar-refractivity contribution in [1.82, 2.24) is 15.0 Å². The zero-order chi connectivity index (χ0) is 15.8. The van der Waals surface area contributed by atoms with E-state index in [-0.39, 0.29) is 6.04 Å². The summed E-state index contributed by atoms with van der Waals surface area (Å²) in [6, 6.07) is 7.95. The minimum absolute atomic E-state index is 0.0617. The van der Waals surface area contributed by atoms with Gasteiger partial charge in [0.1, 0.15) is 22.4 Å². The Morgan fingerprint density at radius 2 is 2.09 bits per heavy atom. The van der Waals surface area contributed by atoms with E-state index < -0.39 is 0 Å². The minimum atomic E-state index is 0.0617. The SMILES string of the molecule is CCc1cnc(C(C)Nc2ncnc3c2oc2ccccc23)s1. The third kappa shape index (κ3) is 2.45. The lowest BCUT2D eigenvalue weighted by molar-refractivity contribution is 0.665. The molecule has 6 heteroatoms. The Kier molecular flexibility index (Phi) is 3.46. The third-order valence-electron chi connectivity index (χ3n) is 3.80. The summed E-state index contributed by atoms with van der Waals surface area (Å²) in [5.41, 5.74) is 2.34. The zero-order valence-corrected chi connectivity index (χ0v) is 13.7. The number of nitrogens with one attached hydrogen (secondary N) is 1. The van der Waals surface area contributed by atoms with Crippen LogP contribution in [0.4, 0.5) is 5.82 Å². The quantitative estimate of drug-likeness (QED) is 0.596. The van der Waals surface area contributed by atoms with Crippen LogP contribution in [0, 0.1) is 0 Å². The second-order valence-electron chi connectivity index (χ2n) is 5.38. The fraction of sp³-hybridized carbons (Fsp3) is 0.235. The van der Waals surface area contributed by atoms with Crippen molar-refractivity contribution in [2.45, 2.75) is 26.3 Å². The highest BCUT2D eigenvalue weighted by Gasteiger charge is 2.16. The summed E-state index contributed by atoms with van der Waals surface area (Å²) >= 11 is 1.72. The summed E-state index contributed by atoms with van der Waals surface area (Å²) in [6.45, 7) is 4.21. The summed E-state index contributed by atoms with van der Waals surface area (Å²) < 4.78 is 5.94. The Morgan fingerprint density at radius 1 is 1.22 bits per heavy atom. The molecule has 0 fully saturated rings. The van der Waals surface area contributed by atoms with Crippen LogP contribution in [-0.4, -0.2) is 15.0 Å². The predicted molar refractivity (Wildman–Crippen MR) is 92.8 cm³/mol. The lowest BCUT2D eigenvalue weighted by Gasteiger charge is -2.11. The van der Waals surface area contributed by atoms with Gasteiger partial charge in [-0.3, -0.25) is 0 Å². The maximum atomic E-state index is 5.94. The van der Waals surface area contributed by atoms with Crippen LogP contribution in [0.2, 0.25) is 0 Å². The predicted octanol–water partition coefficient (Wildman–Crippen LogP) is 4.57. The number of rotatable bonds is 4. The molecule has 116 valence electrons. The number of aromatic nitrogens is 3. The van der Waals surface area contributed by atoms with Gasteiger partial charge in [-0.25, -0.2) is 15.0 Å². The molecule has 0 radical (unpaired) electrons. The second kappa shape index (κ2) is 5.62. The van der Waals surface area contributed by atoms with Crippen LogP contribution in [-0.2, 0) is 6.42 Å². The summed E-state index contributed by atoms with van der Waals surface area (Å²) in [4.78, 5) is 14.5. The molecule has 1 unspecified atom stereocenters. The highest BCUT2D eigenvalue weighted by Crippen LogP contribution is 2.32. The lowest BCUT2D eigenvalue weighted by Crippen LogP contribution is -2.07. The Bertz CT molecular complexity index is 975. The van der Waals surface area contributed by atoms with Gasteiger partial charge in [0.25, 0.3) is 0 Å². The van der Waals surface area contributed by atoms with Crippen molar-refractivity contribution in [2.24, 2.45) is 0 Å².